The number of aryl methyl sites for hydroxylation is 1. The Morgan fingerprint density at radius 1 is 1.27 bits per heavy atom. The third kappa shape index (κ3) is 3.22. The van der Waals surface area contributed by atoms with Gasteiger partial charge < -0.3 is 0 Å². The second-order valence-corrected chi connectivity index (χ2v) is 9.00. The fraction of sp³-hybridized carbons (Fsp3) is 0.667. The highest BCUT2D eigenvalue weighted by molar-refractivity contribution is 9.10. The van der Waals surface area contributed by atoms with Crippen LogP contribution in [-0.4, -0.2) is 54.0 Å². The zero-order chi connectivity index (χ0) is 15.9. The second-order valence-electron chi connectivity index (χ2n) is 6.26. The van der Waals surface area contributed by atoms with E-state index in [9.17, 15) is 8.42 Å². The minimum atomic E-state index is -3.09. The Morgan fingerprint density at radius 3 is 2.45 bits per heavy atom. The molecule has 22 heavy (non-hydrogen) atoms. The van der Waals surface area contributed by atoms with Crippen molar-refractivity contribution < 1.29 is 8.42 Å². The average Bonchev–Trinajstić information content (AvgIpc) is 2.74. The van der Waals surface area contributed by atoms with Gasteiger partial charge in [-0.25, -0.2) is 8.42 Å². The van der Waals surface area contributed by atoms with Crippen LogP contribution in [0.3, 0.4) is 0 Å². The van der Waals surface area contributed by atoms with Gasteiger partial charge in [-0.15, -0.1) is 0 Å². The van der Waals surface area contributed by atoms with Crippen molar-refractivity contribution >= 4 is 26.0 Å². The van der Waals surface area contributed by atoms with Gasteiger partial charge in [0.2, 0.25) is 10.0 Å². The number of sulfonamides is 1. The maximum Gasteiger partial charge on any atom is 0.211 e. The van der Waals surface area contributed by atoms with E-state index in [1.165, 1.54) is 6.26 Å². The van der Waals surface area contributed by atoms with Gasteiger partial charge in [0.25, 0.3) is 0 Å². The molecule has 2 aliphatic heterocycles. The molecule has 0 radical (unpaired) electrons. The SMILES string of the molecule is CCc1nc(CN2CC3CCC(C2)N3S(C)(=O)=O)ccc1Br. The molecule has 2 aliphatic rings. The summed E-state index contributed by atoms with van der Waals surface area (Å²) in [6.07, 6.45) is 4.18. The number of fused-ring (bicyclic) bond motifs is 2. The quantitative estimate of drug-likeness (QED) is 0.792. The van der Waals surface area contributed by atoms with Gasteiger partial charge in [-0.2, -0.15) is 4.31 Å². The number of likely N-dealkylation sites (tertiary alicyclic amines) is 1. The van der Waals surface area contributed by atoms with Crippen molar-refractivity contribution in [2.24, 2.45) is 0 Å². The van der Waals surface area contributed by atoms with Gasteiger partial charge in [-0.05, 0) is 47.3 Å². The first kappa shape index (κ1) is 16.4. The highest BCUT2D eigenvalue weighted by atomic mass is 79.9. The van der Waals surface area contributed by atoms with Gasteiger partial charge in [0.1, 0.15) is 0 Å². The van der Waals surface area contributed by atoms with E-state index in [-0.39, 0.29) is 12.1 Å². The van der Waals surface area contributed by atoms with Crippen molar-refractivity contribution in [1.29, 1.82) is 0 Å². The molecule has 122 valence electrons. The van der Waals surface area contributed by atoms with Crippen LogP contribution in [0, 0.1) is 0 Å². The van der Waals surface area contributed by atoms with Crippen LogP contribution < -0.4 is 0 Å². The third-order valence-corrected chi connectivity index (χ3v) is 6.65. The molecule has 2 fully saturated rings. The molecule has 2 saturated heterocycles. The molecule has 3 rings (SSSR count). The van der Waals surface area contributed by atoms with Gasteiger partial charge >= 0.3 is 0 Å². The van der Waals surface area contributed by atoms with E-state index in [1.807, 2.05) is 6.07 Å². The maximum atomic E-state index is 11.9. The molecule has 0 N–H and O–H groups in total. The van der Waals surface area contributed by atoms with Crippen molar-refractivity contribution in [2.75, 3.05) is 19.3 Å². The number of nitrogens with zero attached hydrogens (tertiary/aromatic N) is 3. The van der Waals surface area contributed by atoms with E-state index in [4.69, 9.17) is 4.98 Å². The van der Waals surface area contributed by atoms with E-state index in [1.54, 1.807) is 4.31 Å². The lowest BCUT2D eigenvalue weighted by Crippen LogP contribution is -2.55. The standard InChI is InChI=1S/C15H22BrN3O2S/c1-3-15-14(16)7-4-11(17-15)8-18-9-12-5-6-13(10-18)19(12)22(2,20)21/h4,7,12-13H,3,5-6,8-10H2,1-2H3. The Hall–Kier alpha value is -0.500. The lowest BCUT2D eigenvalue weighted by atomic mass is 10.2. The number of piperazine rings is 1. The Bertz CT molecular complexity index is 651. The monoisotopic (exact) mass is 387 g/mol. The summed E-state index contributed by atoms with van der Waals surface area (Å²) in [5.74, 6) is 0. The highest BCUT2D eigenvalue weighted by Gasteiger charge is 2.44. The van der Waals surface area contributed by atoms with E-state index in [2.05, 4.69) is 33.8 Å². The lowest BCUT2D eigenvalue weighted by molar-refractivity contribution is 0.123. The second kappa shape index (κ2) is 6.19. The molecule has 1 aromatic rings. The summed E-state index contributed by atoms with van der Waals surface area (Å²) in [6.45, 7) is 4.51. The summed E-state index contributed by atoms with van der Waals surface area (Å²) in [4.78, 5) is 7.05. The van der Waals surface area contributed by atoms with E-state index in [0.29, 0.717) is 0 Å². The summed E-state index contributed by atoms with van der Waals surface area (Å²) in [5, 5.41) is 0. The van der Waals surface area contributed by atoms with Crippen LogP contribution in [0.25, 0.3) is 0 Å². The normalized spacial score (nSPS) is 26.5. The van der Waals surface area contributed by atoms with Gasteiger partial charge in [-0.1, -0.05) is 6.92 Å². The van der Waals surface area contributed by atoms with Crippen molar-refractivity contribution in [3.05, 3.63) is 28.0 Å². The van der Waals surface area contributed by atoms with Crippen LogP contribution >= 0.6 is 15.9 Å². The zero-order valence-corrected chi connectivity index (χ0v) is 15.4. The zero-order valence-electron chi connectivity index (χ0n) is 13.0. The Labute approximate surface area is 140 Å². The fourth-order valence-electron chi connectivity index (χ4n) is 3.72. The molecule has 1 aromatic heterocycles. The Kier molecular flexibility index (Phi) is 4.60. The van der Waals surface area contributed by atoms with Crippen LogP contribution in [0.4, 0.5) is 0 Å². The molecule has 5 nitrogen and oxygen atoms in total. The molecule has 2 atom stereocenters. The molecule has 2 unspecified atom stereocenters. The summed E-state index contributed by atoms with van der Waals surface area (Å²) < 4.78 is 26.6. The molecule has 3 heterocycles. The topological polar surface area (TPSA) is 53.5 Å². The first-order valence-electron chi connectivity index (χ1n) is 7.73. The third-order valence-electron chi connectivity index (χ3n) is 4.57. The van der Waals surface area contributed by atoms with Crippen LogP contribution in [0.1, 0.15) is 31.2 Å². The first-order chi connectivity index (χ1) is 10.4. The minimum absolute atomic E-state index is 0.134. The van der Waals surface area contributed by atoms with Crippen molar-refractivity contribution in [3.8, 4) is 0 Å². The maximum absolute atomic E-state index is 11.9. The molecule has 0 aromatic carbocycles. The summed E-state index contributed by atoms with van der Waals surface area (Å²) in [6, 6.07) is 4.38. The van der Waals surface area contributed by atoms with E-state index in [0.717, 1.165) is 54.8 Å². The van der Waals surface area contributed by atoms with Crippen LogP contribution in [0.2, 0.25) is 0 Å². The molecule has 0 spiro atoms. The first-order valence-corrected chi connectivity index (χ1v) is 10.4. The van der Waals surface area contributed by atoms with Crippen molar-refractivity contribution in [3.63, 3.8) is 0 Å². The summed E-state index contributed by atoms with van der Waals surface area (Å²) in [5.41, 5.74) is 2.14. The van der Waals surface area contributed by atoms with Gasteiger partial charge in [-0.3, -0.25) is 9.88 Å². The highest BCUT2D eigenvalue weighted by Crippen LogP contribution is 2.32. The molecule has 0 aliphatic carbocycles. The van der Waals surface area contributed by atoms with Crippen LogP contribution in [0.5, 0.6) is 0 Å². The van der Waals surface area contributed by atoms with Crippen molar-refractivity contribution in [1.82, 2.24) is 14.2 Å². The smallest absolute Gasteiger partial charge is 0.211 e. The molecular formula is C15H22BrN3O2S. The molecule has 2 bridgehead atoms. The van der Waals surface area contributed by atoms with Crippen LogP contribution in [-0.2, 0) is 23.0 Å². The van der Waals surface area contributed by atoms with Crippen LogP contribution in [0.15, 0.2) is 16.6 Å². The van der Waals surface area contributed by atoms with E-state index >= 15 is 0 Å². The van der Waals surface area contributed by atoms with Gasteiger partial charge in [0, 0.05) is 36.2 Å². The summed E-state index contributed by atoms with van der Waals surface area (Å²) >= 11 is 3.53. The summed E-state index contributed by atoms with van der Waals surface area (Å²) in [7, 11) is -3.09. The Morgan fingerprint density at radius 2 is 1.91 bits per heavy atom. The number of hydrogen-bond acceptors (Lipinski definition) is 4. The molecular weight excluding hydrogens is 366 g/mol. The number of halogens is 1. The molecule has 7 heteroatoms. The molecule has 0 amide bonds. The minimum Gasteiger partial charge on any atom is -0.294 e. The number of hydrogen-bond donors (Lipinski definition) is 0. The molecule has 0 saturated carbocycles. The predicted molar refractivity (Wildman–Crippen MR) is 90.1 cm³/mol. The lowest BCUT2D eigenvalue weighted by Gasteiger charge is -2.39. The Balaban J connectivity index is 1.72. The largest absolute Gasteiger partial charge is 0.294 e. The van der Waals surface area contributed by atoms with Gasteiger partial charge in [0.05, 0.1) is 17.6 Å². The predicted octanol–water partition coefficient (Wildman–Crippen LogP) is 2.01. The number of aromatic nitrogens is 1. The van der Waals surface area contributed by atoms with E-state index < -0.39 is 10.0 Å². The number of rotatable bonds is 4. The average molecular weight is 388 g/mol. The number of pyridine rings is 1. The fourth-order valence-corrected chi connectivity index (χ4v) is 5.65. The van der Waals surface area contributed by atoms with Gasteiger partial charge in [0.15, 0.2) is 0 Å². The van der Waals surface area contributed by atoms with Crippen molar-refractivity contribution in [2.45, 2.75) is 44.8 Å².